The number of aromatic carboxylic acids is 1. The first kappa shape index (κ1) is 13.9. The van der Waals surface area contributed by atoms with Crippen LogP contribution in [-0.2, 0) is 11.2 Å². The maximum Gasteiger partial charge on any atom is 0.407 e. The number of ether oxygens (including phenoxy) is 1. The molecule has 7 nitrogen and oxygen atoms in total. The van der Waals surface area contributed by atoms with Crippen LogP contribution < -0.4 is 5.32 Å². The number of carboxylic acids is 1. The molecule has 0 saturated carbocycles. The predicted molar refractivity (Wildman–Crippen MR) is 136 cm³/mol. The number of azo groups is 1. The topological polar surface area (TPSA) is 100 Å². The van der Waals surface area contributed by atoms with Crippen LogP contribution in [0.15, 0.2) is 107 Å². The molecule has 0 aromatic heterocycles. The highest BCUT2D eigenvalue weighted by Crippen LogP contribution is 2.44. The molecule has 0 saturated heterocycles. The Balaban J connectivity index is 1.40. The number of benzene rings is 4. The number of alkyl carbamates (subject to hydrolysis) is 1. The van der Waals surface area contributed by atoms with Gasteiger partial charge < -0.3 is 15.2 Å². The Labute approximate surface area is 222 Å². The first-order chi connectivity index (χ1) is 21.7. The molecule has 1 amide bonds. The summed E-state index contributed by atoms with van der Waals surface area (Å²) in [5.74, 6) is -2.02. The Morgan fingerprint density at radius 3 is 1.94 bits per heavy atom. The first-order valence-electron chi connectivity index (χ1n) is 15.7. The second-order valence-electron chi connectivity index (χ2n) is 7.53. The molecule has 2 N–H and O–H groups in total. The normalized spacial score (nSPS) is 16.6. The number of carbonyl (C=O) groups is 2. The number of amides is 1. The smallest absolute Gasteiger partial charge is 0.407 e. The molecule has 0 atom stereocenters. The monoisotopic (exact) mass is 487 g/mol. The number of hydrogen-bond acceptors (Lipinski definition) is 5. The summed E-state index contributed by atoms with van der Waals surface area (Å²) in [6.45, 7) is -3.10. The maximum absolute atomic E-state index is 12.8. The zero-order chi connectivity index (χ0) is 33.7. The molecular weight excluding hydrogens is 454 g/mol. The van der Waals surface area contributed by atoms with Crippen LogP contribution in [0.2, 0.25) is 0 Å². The number of carboxylic acid groups (broad SMARTS) is 1. The van der Waals surface area contributed by atoms with Crippen molar-refractivity contribution in [3.8, 4) is 11.1 Å². The second kappa shape index (κ2) is 10.2. The van der Waals surface area contributed by atoms with Gasteiger partial charge in [-0.15, -0.1) is 0 Å². The highest BCUT2D eigenvalue weighted by Gasteiger charge is 2.28. The zero-order valence-corrected chi connectivity index (χ0v) is 18.5. The van der Waals surface area contributed by atoms with Gasteiger partial charge in [-0.25, -0.2) is 9.59 Å². The molecule has 1 aliphatic carbocycles. The molecular formula is C29H23N3O4. The van der Waals surface area contributed by atoms with Gasteiger partial charge in [0.05, 0.1) is 30.6 Å². The van der Waals surface area contributed by atoms with Crippen molar-refractivity contribution in [2.75, 3.05) is 6.61 Å². The highest BCUT2D eigenvalue weighted by atomic mass is 16.5. The van der Waals surface area contributed by atoms with Crippen molar-refractivity contribution in [1.29, 1.82) is 0 Å². The van der Waals surface area contributed by atoms with Crippen molar-refractivity contribution in [3.63, 3.8) is 0 Å². The van der Waals surface area contributed by atoms with E-state index >= 15 is 0 Å². The Bertz CT molecular complexity index is 1860. The standard InChI is InChI=1S/C29H23N3O4/c33-28(34)20-11-15-22(16-12-20)32-31-21-13-9-19(10-14-21)17-30-29(35)36-18-27-25-7-3-1-5-23(25)24-6-2-4-8-26(24)27/h1-16,27H,17-18H2,(H,30,35)(H,33,34)/i9D,10D,11D,12D,13D,14D,15D,16D,17D2. The average Bonchev–Trinajstić information content (AvgIpc) is 3.32. The minimum atomic E-state index is -2.95. The van der Waals surface area contributed by atoms with Crippen molar-refractivity contribution in [2.24, 2.45) is 10.2 Å². The Morgan fingerprint density at radius 1 is 0.861 bits per heavy atom. The van der Waals surface area contributed by atoms with Crippen LogP contribution in [0.4, 0.5) is 16.2 Å². The van der Waals surface area contributed by atoms with Crippen LogP contribution in [-0.4, -0.2) is 23.8 Å². The van der Waals surface area contributed by atoms with Gasteiger partial charge in [-0.05, 0) is 64.1 Å². The lowest BCUT2D eigenvalue weighted by Crippen LogP contribution is -2.25. The molecule has 0 radical (unpaired) electrons. The van der Waals surface area contributed by atoms with Crippen molar-refractivity contribution >= 4 is 23.4 Å². The van der Waals surface area contributed by atoms with Gasteiger partial charge in [0.15, 0.2) is 0 Å². The molecule has 0 bridgehead atoms. The fourth-order valence-corrected chi connectivity index (χ4v) is 3.73. The van der Waals surface area contributed by atoms with Crippen LogP contribution in [0.1, 0.15) is 46.7 Å². The predicted octanol–water partition coefficient (Wildman–Crippen LogP) is 6.84. The summed E-state index contributed by atoms with van der Waals surface area (Å²) in [7, 11) is 0. The van der Waals surface area contributed by atoms with Gasteiger partial charge >= 0.3 is 12.1 Å². The molecule has 178 valence electrons. The van der Waals surface area contributed by atoms with E-state index in [1.165, 1.54) is 0 Å². The molecule has 4 aromatic rings. The lowest BCUT2D eigenvalue weighted by molar-refractivity contribution is 0.0697. The van der Waals surface area contributed by atoms with Crippen molar-refractivity contribution in [2.45, 2.75) is 12.4 Å². The van der Waals surface area contributed by atoms with E-state index in [0.29, 0.717) is 0 Å². The highest BCUT2D eigenvalue weighted by molar-refractivity contribution is 5.87. The summed E-state index contributed by atoms with van der Waals surface area (Å²) in [6.07, 6.45) is -1.21. The lowest BCUT2D eigenvalue weighted by Gasteiger charge is -2.14. The van der Waals surface area contributed by atoms with Crippen LogP contribution in [0.25, 0.3) is 11.1 Å². The third-order valence-electron chi connectivity index (χ3n) is 5.32. The lowest BCUT2D eigenvalue weighted by atomic mass is 9.98. The van der Waals surface area contributed by atoms with Crippen molar-refractivity contribution in [1.82, 2.24) is 5.32 Å². The SMILES string of the molecule is [2H]c1c([2H])c(C(=O)O)c([2H])c([2H])c1N=Nc1c([2H])c([2H])c(C([2H])([2H])NC(=O)OCC2c3ccccc3-c3ccccc32)c([2H])c1[2H]. The zero-order valence-electron chi connectivity index (χ0n) is 28.5. The van der Waals surface area contributed by atoms with E-state index in [0.717, 1.165) is 22.3 Å². The van der Waals surface area contributed by atoms with Crippen LogP contribution >= 0.6 is 0 Å². The Morgan fingerprint density at radius 2 is 1.39 bits per heavy atom. The summed E-state index contributed by atoms with van der Waals surface area (Å²) in [5.41, 5.74) is 0.656. The van der Waals surface area contributed by atoms with Gasteiger partial charge in [0.1, 0.15) is 6.61 Å². The van der Waals surface area contributed by atoms with Gasteiger partial charge in [0.2, 0.25) is 0 Å². The van der Waals surface area contributed by atoms with Crippen molar-refractivity contribution < 1.29 is 33.1 Å². The van der Waals surface area contributed by atoms with Crippen LogP contribution in [0.5, 0.6) is 0 Å². The molecule has 0 unspecified atom stereocenters. The number of nitrogens with zero attached hydrogens (tertiary/aromatic N) is 2. The Kier molecular flexibility index (Phi) is 3.96. The minimum Gasteiger partial charge on any atom is -0.478 e. The summed E-state index contributed by atoms with van der Waals surface area (Å²) >= 11 is 0. The number of carbonyl (C=O) groups excluding carboxylic acids is 1. The summed E-state index contributed by atoms with van der Waals surface area (Å²) in [5, 5.41) is 18.3. The number of fused-ring (bicyclic) bond motifs is 3. The summed E-state index contributed by atoms with van der Waals surface area (Å²) in [6, 6.07) is 8.06. The molecule has 4 aromatic carbocycles. The maximum atomic E-state index is 12.8. The number of nitrogens with one attached hydrogen (secondary N) is 1. The molecule has 0 fully saturated rings. The number of hydrogen-bond donors (Lipinski definition) is 2. The first-order valence-corrected chi connectivity index (χ1v) is 10.7. The van der Waals surface area contributed by atoms with E-state index in [9.17, 15) is 14.7 Å². The number of rotatable bonds is 7. The fraction of sp³-hybridized carbons (Fsp3) is 0.103. The Hall–Kier alpha value is -4.78. The van der Waals surface area contributed by atoms with E-state index in [1.54, 1.807) is 0 Å². The summed E-state index contributed by atoms with van der Waals surface area (Å²) < 4.78 is 87.2. The van der Waals surface area contributed by atoms with Crippen LogP contribution in [0, 0.1) is 0 Å². The summed E-state index contributed by atoms with van der Waals surface area (Å²) in [4.78, 5) is 24.1. The van der Waals surface area contributed by atoms with E-state index in [-0.39, 0.29) is 12.5 Å². The second-order valence-corrected chi connectivity index (χ2v) is 7.53. The van der Waals surface area contributed by atoms with Crippen molar-refractivity contribution in [3.05, 3.63) is 119 Å². The van der Waals surface area contributed by atoms with Gasteiger partial charge in [-0.2, -0.15) is 10.2 Å². The molecule has 7 heteroatoms. The van der Waals surface area contributed by atoms with E-state index in [4.69, 9.17) is 18.4 Å². The third-order valence-corrected chi connectivity index (χ3v) is 5.32. The molecule has 0 spiro atoms. The molecule has 5 rings (SSSR count). The van der Waals surface area contributed by atoms with Crippen LogP contribution in [0.3, 0.4) is 0 Å². The molecule has 1 aliphatic rings. The quantitative estimate of drug-likeness (QED) is 0.279. The molecule has 36 heavy (non-hydrogen) atoms. The minimum absolute atomic E-state index is 0.145. The van der Waals surface area contributed by atoms with E-state index in [2.05, 4.69) is 10.2 Å². The average molecular weight is 488 g/mol. The van der Waals surface area contributed by atoms with E-state index in [1.807, 2.05) is 53.8 Å². The van der Waals surface area contributed by atoms with Gasteiger partial charge in [0, 0.05) is 12.4 Å². The fourth-order valence-electron chi connectivity index (χ4n) is 3.73. The van der Waals surface area contributed by atoms with Gasteiger partial charge in [0.25, 0.3) is 0 Å². The van der Waals surface area contributed by atoms with Gasteiger partial charge in [-0.3, -0.25) is 0 Å². The molecule has 0 aliphatic heterocycles. The largest absolute Gasteiger partial charge is 0.478 e. The van der Waals surface area contributed by atoms with Gasteiger partial charge in [-0.1, -0.05) is 60.6 Å². The molecule has 0 heterocycles. The van der Waals surface area contributed by atoms with E-state index < -0.39 is 89.4 Å². The third kappa shape index (κ3) is 5.00.